The van der Waals surface area contributed by atoms with Crippen molar-refractivity contribution in [2.45, 2.75) is 45.1 Å². The van der Waals surface area contributed by atoms with E-state index in [1.54, 1.807) is 0 Å². The molecule has 4 unspecified atom stereocenters. The third kappa shape index (κ3) is 1.59. The van der Waals surface area contributed by atoms with Gasteiger partial charge >= 0.3 is 0 Å². The molecule has 0 aromatic heterocycles. The molecule has 0 bridgehead atoms. The van der Waals surface area contributed by atoms with Crippen LogP contribution in [0.15, 0.2) is 0 Å². The molecule has 0 spiro atoms. The highest BCUT2D eigenvalue weighted by atomic mass is 16.5. The fraction of sp³-hybridized carbons (Fsp3) is 1.00. The molecule has 2 nitrogen and oxygen atoms in total. The van der Waals surface area contributed by atoms with Crippen molar-refractivity contribution < 1.29 is 4.74 Å². The van der Waals surface area contributed by atoms with Crippen molar-refractivity contribution in [2.24, 2.45) is 23.5 Å². The third-order valence-corrected chi connectivity index (χ3v) is 4.66. The fourth-order valence-corrected chi connectivity index (χ4v) is 3.27. The summed E-state index contributed by atoms with van der Waals surface area (Å²) in [5.41, 5.74) is 6.68. The van der Waals surface area contributed by atoms with E-state index >= 15 is 0 Å². The lowest BCUT2D eigenvalue weighted by Crippen LogP contribution is -2.56. The second kappa shape index (κ2) is 3.82. The number of nitrogens with two attached hydrogens (primary N) is 1. The Labute approximate surface area is 87.2 Å². The van der Waals surface area contributed by atoms with Crippen molar-refractivity contribution >= 4 is 0 Å². The molecule has 1 aliphatic heterocycles. The van der Waals surface area contributed by atoms with Crippen LogP contribution in [0.3, 0.4) is 0 Å². The SMILES string of the molecule is CC1CCCC(N)(C2CCOC2)C1C. The van der Waals surface area contributed by atoms with Crippen molar-refractivity contribution in [3.8, 4) is 0 Å². The Bertz CT molecular complexity index is 196. The minimum Gasteiger partial charge on any atom is -0.381 e. The lowest BCUT2D eigenvalue weighted by Gasteiger charge is -2.46. The molecule has 2 heteroatoms. The van der Waals surface area contributed by atoms with Crippen molar-refractivity contribution in [3.05, 3.63) is 0 Å². The standard InChI is InChI=1S/C12H23NO/c1-9-4-3-6-12(13,10(9)2)11-5-7-14-8-11/h9-11H,3-8,13H2,1-2H3. The van der Waals surface area contributed by atoms with Crippen LogP contribution >= 0.6 is 0 Å². The van der Waals surface area contributed by atoms with E-state index in [0.717, 1.165) is 19.1 Å². The Morgan fingerprint density at radius 2 is 2.07 bits per heavy atom. The average molecular weight is 197 g/mol. The van der Waals surface area contributed by atoms with Gasteiger partial charge in [-0.15, -0.1) is 0 Å². The Morgan fingerprint density at radius 1 is 1.29 bits per heavy atom. The van der Waals surface area contributed by atoms with Gasteiger partial charge in [-0.05, 0) is 24.7 Å². The molecule has 4 atom stereocenters. The Morgan fingerprint density at radius 3 is 2.71 bits per heavy atom. The minimum absolute atomic E-state index is 0.0637. The first-order valence-electron chi connectivity index (χ1n) is 6.01. The largest absolute Gasteiger partial charge is 0.381 e. The first-order chi connectivity index (χ1) is 6.64. The molecule has 0 aromatic carbocycles. The molecule has 0 amide bonds. The second-order valence-electron chi connectivity index (χ2n) is 5.33. The molecule has 2 N–H and O–H groups in total. The smallest absolute Gasteiger partial charge is 0.0512 e. The van der Waals surface area contributed by atoms with Crippen LogP contribution in [0.2, 0.25) is 0 Å². The van der Waals surface area contributed by atoms with E-state index in [4.69, 9.17) is 10.5 Å². The van der Waals surface area contributed by atoms with Crippen LogP contribution in [0.25, 0.3) is 0 Å². The van der Waals surface area contributed by atoms with Crippen molar-refractivity contribution in [1.29, 1.82) is 0 Å². The molecule has 2 rings (SSSR count). The van der Waals surface area contributed by atoms with Gasteiger partial charge in [0.1, 0.15) is 0 Å². The van der Waals surface area contributed by atoms with Crippen LogP contribution in [0.5, 0.6) is 0 Å². The lowest BCUT2D eigenvalue weighted by atomic mass is 9.63. The van der Waals surface area contributed by atoms with E-state index in [0.29, 0.717) is 11.8 Å². The van der Waals surface area contributed by atoms with E-state index in [-0.39, 0.29) is 5.54 Å². The molecular weight excluding hydrogens is 174 g/mol. The summed E-state index contributed by atoms with van der Waals surface area (Å²) in [7, 11) is 0. The van der Waals surface area contributed by atoms with Gasteiger partial charge in [0.15, 0.2) is 0 Å². The Balaban J connectivity index is 2.11. The van der Waals surface area contributed by atoms with Crippen LogP contribution < -0.4 is 5.73 Å². The summed E-state index contributed by atoms with van der Waals surface area (Å²) in [6, 6.07) is 0. The Hall–Kier alpha value is -0.0800. The Kier molecular flexibility index (Phi) is 2.85. The molecular formula is C12H23NO. The molecule has 1 saturated heterocycles. The summed E-state index contributed by atoms with van der Waals surface area (Å²) in [6.45, 7) is 6.50. The summed E-state index contributed by atoms with van der Waals surface area (Å²) in [5, 5.41) is 0. The highest BCUT2D eigenvalue weighted by molar-refractivity contribution is 5.00. The number of hydrogen-bond donors (Lipinski definition) is 1. The van der Waals surface area contributed by atoms with Crippen molar-refractivity contribution in [1.82, 2.24) is 0 Å². The molecule has 82 valence electrons. The predicted molar refractivity (Wildman–Crippen MR) is 58.0 cm³/mol. The van der Waals surface area contributed by atoms with Gasteiger partial charge < -0.3 is 10.5 Å². The van der Waals surface area contributed by atoms with E-state index < -0.39 is 0 Å². The van der Waals surface area contributed by atoms with Crippen molar-refractivity contribution in [2.75, 3.05) is 13.2 Å². The van der Waals surface area contributed by atoms with E-state index in [1.807, 2.05) is 0 Å². The van der Waals surface area contributed by atoms with Gasteiger partial charge in [-0.1, -0.05) is 26.7 Å². The normalized spacial score (nSPS) is 49.5. The van der Waals surface area contributed by atoms with Crippen LogP contribution in [-0.4, -0.2) is 18.8 Å². The van der Waals surface area contributed by atoms with E-state index in [1.165, 1.54) is 25.7 Å². The zero-order valence-corrected chi connectivity index (χ0v) is 9.46. The zero-order valence-electron chi connectivity index (χ0n) is 9.46. The minimum atomic E-state index is 0.0637. The molecule has 2 aliphatic rings. The molecule has 1 heterocycles. The van der Waals surface area contributed by atoms with E-state index in [9.17, 15) is 0 Å². The van der Waals surface area contributed by atoms with Gasteiger partial charge in [0.2, 0.25) is 0 Å². The van der Waals surface area contributed by atoms with Crippen LogP contribution in [0, 0.1) is 17.8 Å². The maximum atomic E-state index is 6.62. The third-order valence-electron chi connectivity index (χ3n) is 4.66. The zero-order chi connectivity index (χ0) is 10.2. The van der Waals surface area contributed by atoms with Gasteiger partial charge in [0.05, 0.1) is 6.61 Å². The predicted octanol–water partition coefficient (Wildman–Crippen LogP) is 2.18. The molecule has 0 radical (unpaired) electrons. The topological polar surface area (TPSA) is 35.2 Å². The lowest BCUT2D eigenvalue weighted by molar-refractivity contribution is 0.0731. The van der Waals surface area contributed by atoms with E-state index in [2.05, 4.69) is 13.8 Å². The van der Waals surface area contributed by atoms with Crippen LogP contribution in [0.4, 0.5) is 0 Å². The average Bonchev–Trinajstić information content (AvgIpc) is 2.67. The first kappa shape index (κ1) is 10.4. The second-order valence-corrected chi connectivity index (χ2v) is 5.33. The molecule has 14 heavy (non-hydrogen) atoms. The maximum Gasteiger partial charge on any atom is 0.0512 e. The van der Waals surface area contributed by atoms with Gasteiger partial charge in [-0.2, -0.15) is 0 Å². The monoisotopic (exact) mass is 197 g/mol. The summed E-state index contributed by atoms with van der Waals surface area (Å²) in [5.74, 6) is 2.05. The molecule has 2 fully saturated rings. The molecule has 0 aromatic rings. The number of rotatable bonds is 1. The van der Waals surface area contributed by atoms with Gasteiger partial charge in [-0.25, -0.2) is 0 Å². The van der Waals surface area contributed by atoms with Crippen LogP contribution in [0.1, 0.15) is 39.5 Å². The maximum absolute atomic E-state index is 6.62. The highest BCUT2D eigenvalue weighted by Crippen LogP contribution is 2.42. The van der Waals surface area contributed by atoms with Gasteiger partial charge in [0.25, 0.3) is 0 Å². The van der Waals surface area contributed by atoms with Crippen molar-refractivity contribution in [3.63, 3.8) is 0 Å². The summed E-state index contributed by atoms with van der Waals surface area (Å²) in [6.07, 6.45) is 5.03. The summed E-state index contributed by atoms with van der Waals surface area (Å²) < 4.78 is 5.48. The molecule has 1 saturated carbocycles. The highest BCUT2D eigenvalue weighted by Gasteiger charge is 2.45. The van der Waals surface area contributed by atoms with Gasteiger partial charge in [-0.3, -0.25) is 0 Å². The first-order valence-corrected chi connectivity index (χ1v) is 6.01. The van der Waals surface area contributed by atoms with Crippen LogP contribution in [-0.2, 0) is 4.74 Å². The number of ether oxygens (including phenoxy) is 1. The van der Waals surface area contributed by atoms with Gasteiger partial charge in [0, 0.05) is 18.1 Å². The molecule has 1 aliphatic carbocycles. The quantitative estimate of drug-likeness (QED) is 0.699. The fourth-order valence-electron chi connectivity index (χ4n) is 3.27. The number of hydrogen-bond acceptors (Lipinski definition) is 2. The summed E-state index contributed by atoms with van der Waals surface area (Å²) >= 11 is 0. The summed E-state index contributed by atoms with van der Waals surface area (Å²) in [4.78, 5) is 0.